The Balaban J connectivity index is 0. The van der Waals surface area contributed by atoms with E-state index < -0.39 is 0 Å². The Kier molecular flexibility index (Phi) is 37.7. The summed E-state index contributed by atoms with van der Waals surface area (Å²) in [4.78, 5) is 41.3. The van der Waals surface area contributed by atoms with Crippen molar-refractivity contribution in [3.05, 3.63) is 106 Å². The number of H-pyrrole nitrogens is 2. The molecule has 17 nitrogen and oxygen atoms in total. The molecule has 0 radical (unpaired) electrons. The monoisotopic (exact) mass is 999 g/mol. The van der Waals surface area contributed by atoms with Crippen molar-refractivity contribution in [3.8, 4) is 0 Å². The van der Waals surface area contributed by atoms with E-state index in [2.05, 4.69) is 66.0 Å². The third-order valence-electron chi connectivity index (χ3n) is 7.61. The molecule has 9 N–H and O–H groups in total. The molecule has 0 saturated heterocycles. The van der Waals surface area contributed by atoms with Crippen LogP contribution in [0.4, 0.5) is 0 Å². The van der Waals surface area contributed by atoms with Crippen molar-refractivity contribution in [3.63, 3.8) is 0 Å². The van der Waals surface area contributed by atoms with E-state index in [9.17, 15) is 0 Å². The molecule has 0 aliphatic heterocycles. The first-order valence-electron chi connectivity index (χ1n) is 18.7. The fraction of sp³-hybridized carbons (Fsp3) is 0.342. The van der Waals surface area contributed by atoms with E-state index in [1.807, 2.05) is 42.7 Å². The van der Waals surface area contributed by atoms with Crippen molar-refractivity contribution >= 4 is 98.0 Å². The number of aromatic amines is 2. The second-order valence-electron chi connectivity index (χ2n) is 11.9. The van der Waals surface area contributed by atoms with Gasteiger partial charge in [-0.05, 0) is 141 Å². The minimum atomic E-state index is -0.181. The van der Waals surface area contributed by atoms with Crippen LogP contribution in [0.15, 0.2) is 73.6 Å². The Bertz CT molecular complexity index is 2120. The number of nitrogens with two attached hydrogens (primary N) is 1. The van der Waals surface area contributed by atoms with Gasteiger partial charge < -0.3 is 53.6 Å². The van der Waals surface area contributed by atoms with Gasteiger partial charge in [-0.2, -0.15) is 0 Å². The summed E-state index contributed by atoms with van der Waals surface area (Å²) in [5, 5.41) is 33.3. The minimum absolute atomic E-state index is 0. The molecule has 6 aromatic rings. The molecule has 0 aliphatic rings. The number of rotatable bonds is 15. The molecular formula is C38H50Cl3K2N13O4S2. The smallest absolute Gasteiger partial charge is 1.00 e. The Morgan fingerprint density at radius 1 is 0.758 bits per heavy atom. The van der Waals surface area contributed by atoms with Gasteiger partial charge in [0, 0.05) is 86.4 Å². The predicted octanol–water partition coefficient (Wildman–Crippen LogP) is -1.01. The van der Waals surface area contributed by atoms with Gasteiger partial charge in [-0.1, -0.05) is 18.0 Å². The summed E-state index contributed by atoms with van der Waals surface area (Å²) in [6.07, 6.45) is 16.8. The summed E-state index contributed by atoms with van der Waals surface area (Å²) in [6.45, 7) is 5.56. The average Bonchev–Trinajstić information content (AvgIpc) is 3.94. The van der Waals surface area contributed by atoms with E-state index in [-0.39, 0.29) is 123 Å². The Morgan fingerprint density at radius 3 is 1.66 bits per heavy atom. The molecule has 0 atom stereocenters. The Hall–Kier alpha value is -1.59. The summed E-state index contributed by atoms with van der Waals surface area (Å²) in [5.74, 6) is 0. The van der Waals surface area contributed by atoms with Crippen LogP contribution in [0.3, 0.4) is 0 Å². The van der Waals surface area contributed by atoms with Crippen LogP contribution in [0.1, 0.15) is 57.3 Å². The molecule has 6 rings (SSSR count). The van der Waals surface area contributed by atoms with E-state index in [1.54, 1.807) is 31.6 Å². The zero-order chi connectivity index (χ0) is 43.8. The number of aromatic nitrogens is 8. The summed E-state index contributed by atoms with van der Waals surface area (Å²) in [6, 6.07) is 11.5. The standard InChI is InChI=1S/C18H21ClN6S.C13H19N5S.C4H2Cl2N2.C2H6O.CH2O3.2K.H/c19-17-22-10-6-14(25-17)4-2-1-3-8-23-18(26)24-12-13-5-9-20-16-15(13)7-11-21-16;14-5-1-2-6-17-13(19)18-9-10-3-7-15-12-11(10)4-8-16-12;5-3-1-2-7-4(6)8-3;1-2-3;2-1-4-3;;;/h5-7,9-11H,1-4,8,12H2,(H,20,21)(H2,23,24,26);3-4,7-8H,1-2,5-6,9,14H2,(H,15,16)(H2,17,18,19);1-2H;3H,2H2,1H3;1,3H;;;/q;;;;;2*+1;-1/p-1. The number of hydrogen-bond donors (Lipinski definition) is 8. The molecule has 0 aromatic carbocycles. The maximum absolute atomic E-state index is 8.64. The van der Waals surface area contributed by atoms with E-state index in [4.69, 9.17) is 80.1 Å². The van der Waals surface area contributed by atoms with Crippen molar-refractivity contribution < 1.29 is 124 Å². The molecule has 62 heavy (non-hydrogen) atoms. The quantitative estimate of drug-likeness (QED) is 0.00897. The summed E-state index contributed by atoms with van der Waals surface area (Å²) < 4.78 is 0. The molecule has 6 aromatic heterocycles. The fourth-order valence-corrected chi connectivity index (χ4v) is 5.77. The number of unbranched alkanes of at least 4 members (excludes halogenated alkanes) is 3. The van der Waals surface area contributed by atoms with Gasteiger partial charge in [-0.25, -0.2) is 29.9 Å². The van der Waals surface area contributed by atoms with E-state index in [0.717, 1.165) is 85.9 Å². The number of thiocarbonyl (C=S) groups is 2. The maximum atomic E-state index is 8.64. The number of fused-ring (bicyclic) bond motifs is 2. The third-order valence-corrected chi connectivity index (χ3v) is 8.76. The van der Waals surface area contributed by atoms with Crippen LogP contribution < -0.4 is 135 Å². The number of carbonyl (C=O) groups excluding carboxylic acids is 1. The molecule has 0 fully saturated rings. The number of halogens is 3. The van der Waals surface area contributed by atoms with Gasteiger partial charge in [-0.15, -0.1) is 0 Å². The number of nitrogens with zero attached hydrogens (tertiary/aromatic N) is 6. The first-order valence-corrected chi connectivity index (χ1v) is 20.6. The van der Waals surface area contributed by atoms with Crippen LogP contribution in [-0.4, -0.2) is 87.9 Å². The molecule has 6 heterocycles. The van der Waals surface area contributed by atoms with Crippen molar-refractivity contribution in [2.24, 2.45) is 5.73 Å². The topological polar surface area (TPSA) is 253 Å². The molecule has 0 bridgehead atoms. The summed E-state index contributed by atoms with van der Waals surface area (Å²) in [7, 11) is 0. The number of aryl methyl sites for hydroxylation is 1. The first kappa shape index (κ1) is 60.4. The molecule has 0 amide bonds. The fourth-order valence-electron chi connectivity index (χ4n) is 4.92. The second-order valence-corrected chi connectivity index (χ2v) is 13.8. The number of hydrogen-bond acceptors (Lipinski definition) is 13. The molecule has 0 spiro atoms. The van der Waals surface area contributed by atoms with Crippen molar-refractivity contribution in [2.75, 3.05) is 26.2 Å². The van der Waals surface area contributed by atoms with Gasteiger partial charge in [0.05, 0.1) is 0 Å². The maximum Gasteiger partial charge on any atom is 1.00 e. The van der Waals surface area contributed by atoms with Gasteiger partial charge in [0.2, 0.25) is 10.6 Å². The molecule has 24 heteroatoms. The SMILES string of the molecule is CCO.Clc1ccnc(Cl)n1.NCCCCNC(=S)NCc1ccnc2[nH]ccc12.O=CO[O-].S=C(NCCCCCc1ccnc(Cl)n1)NCc1ccnc2[nH]ccc12.[H-].[K+].[K+]. The van der Waals surface area contributed by atoms with Crippen LogP contribution in [0.25, 0.3) is 22.1 Å². The molecule has 0 aliphatic carbocycles. The summed E-state index contributed by atoms with van der Waals surface area (Å²) in [5.41, 5.74) is 10.6. The normalized spacial score (nSPS) is 9.60. The van der Waals surface area contributed by atoms with Gasteiger partial charge in [0.25, 0.3) is 6.47 Å². The number of pyridine rings is 2. The van der Waals surface area contributed by atoms with E-state index in [0.29, 0.717) is 33.8 Å². The van der Waals surface area contributed by atoms with Crippen molar-refractivity contribution in [1.29, 1.82) is 0 Å². The van der Waals surface area contributed by atoms with Gasteiger partial charge >= 0.3 is 103 Å². The molecule has 326 valence electrons. The average molecular weight is 1000 g/mol. The second kappa shape index (κ2) is 38.7. The van der Waals surface area contributed by atoms with Gasteiger partial charge in [0.1, 0.15) is 16.4 Å². The first-order chi connectivity index (χ1) is 29.1. The van der Waals surface area contributed by atoms with Crippen LogP contribution in [0.5, 0.6) is 0 Å². The van der Waals surface area contributed by atoms with Crippen LogP contribution in [0, 0.1) is 0 Å². The zero-order valence-corrected chi connectivity index (χ0v) is 45.0. The largest absolute Gasteiger partial charge is 1.00 e. The minimum Gasteiger partial charge on any atom is -1.00 e. The van der Waals surface area contributed by atoms with Crippen molar-refractivity contribution in [2.45, 2.75) is 58.5 Å². The number of aliphatic hydroxyl groups excluding tert-OH is 1. The Labute approximate surface area is 473 Å². The van der Waals surface area contributed by atoms with Crippen molar-refractivity contribution in [1.82, 2.24) is 61.1 Å². The van der Waals surface area contributed by atoms with E-state index >= 15 is 0 Å². The molecule has 0 saturated carbocycles. The zero-order valence-electron chi connectivity index (χ0n) is 35.9. The third kappa shape index (κ3) is 27.0. The van der Waals surface area contributed by atoms with E-state index in [1.165, 1.54) is 17.3 Å². The number of aliphatic hydroxyl groups is 1. The van der Waals surface area contributed by atoms with Gasteiger partial charge in [-0.3, -0.25) is 4.79 Å². The van der Waals surface area contributed by atoms with Crippen LogP contribution >= 0.6 is 59.2 Å². The molecule has 0 unspecified atom stereocenters. The Morgan fingerprint density at radius 2 is 1.23 bits per heavy atom. The number of nitrogens with one attached hydrogen (secondary N) is 6. The molecular weight excluding hydrogens is 951 g/mol. The summed E-state index contributed by atoms with van der Waals surface area (Å²) >= 11 is 27.1. The number of carbonyl (C=O) groups is 1. The van der Waals surface area contributed by atoms with Crippen LogP contribution in [-0.2, 0) is 29.2 Å². The van der Waals surface area contributed by atoms with Crippen LogP contribution in [0.2, 0.25) is 15.7 Å². The predicted molar refractivity (Wildman–Crippen MR) is 243 cm³/mol. The van der Waals surface area contributed by atoms with Gasteiger partial charge in [0.15, 0.2) is 10.2 Å².